The second-order valence-corrected chi connectivity index (χ2v) is 5.38. The molecule has 0 radical (unpaired) electrons. The van der Waals surface area contributed by atoms with Crippen molar-refractivity contribution in [2.45, 2.75) is 19.2 Å². The number of benzene rings is 2. The molecule has 0 fully saturated rings. The van der Waals surface area contributed by atoms with Gasteiger partial charge in [-0.25, -0.2) is 0 Å². The Bertz CT molecular complexity index is 568. The topological polar surface area (TPSA) is 3.24 Å². The van der Waals surface area contributed by atoms with Crippen molar-refractivity contribution in [3.63, 3.8) is 0 Å². The van der Waals surface area contributed by atoms with E-state index in [1.165, 1.54) is 16.8 Å². The largest absolute Gasteiger partial charge is 0.340 e. The van der Waals surface area contributed by atoms with Gasteiger partial charge < -0.3 is 4.90 Å². The van der Waals surface area contributed by atoms with Crippen LogP contribution in [0.1, 0.15) is 18.1 Å². The average Bonchev–Trinajstić information content (AvgIpc) is 2.43. The average molecular weight is 339 g/mol. The molecule has 0 aliphatic carbocycles. The van der Waals surface area contributed by atoms with Crippen LogP contribution in [0, 0.1) is 6.92 Å². The van der Waals surface area contributed by atoms with Gasteiger partial charge in [0, 0.05) is 17.6 Å². The number of halogens is 2. The minimum absolute atomic E-state index is 0.794. The van der Waals surface area contributed by atoms with Crippen molar-refractivity contribution in [1.82, 2.24) is 0 Å². The van der Waals surface area contributed by atoms with E-state index in [1.807, 2.05) is 12.1 Å². The lowest BCUT2D eigenvalue weighted by Gasteiger charge is -2.28. The number of alkyl halides is 1. The highest BCUT2D eigenvalue weighted by molar-refractivity contribution is 9.08. The standard InChI is InChI=1S/C16H17BrClN/c1-3-19(15-10-5-4-7-12(15)2)16-13(11-17)8-6-9-14(16)18/h4-10H,3,11H2,1-2H3. The maximum absolute atomic E-state index is 6.42. The zero-order chi connectivity index (χ0) is 13.8. The van der Waals surface area contributed by atoms with Crippen LogP contribution in [0.3, 0.4) is 0 Å². The number of para-hydroxylation sites is 2. The highest BCUT2D eigenvalue weighted by Crippen LogP contribution is 2.37. The van der Waals surface area contributed by atoms with E-state index < -0.39 is 0 Å². The summed E-state index contributed by atoms with van der Waals surface area (Å²) in [5.74, 6) is 0. The summed E-state index contributed by atoms with van der Waals surface area (Å²) in [6.45, 7) is 5.16. The molecule has 19 heavy (non-hydrogen) atoms. The van der Waals surface area contributed by atoms with Crippen LogP contribution in [0.4, 0.5) is 11.4 Å². The molecule has 3 heteroatoms. The van der Waals surface area contributed by atoms with Crippen molar-refractivity contribution in [1.29, 1.82) is 0 Å². The zero-order valence-electron chi connectivity index (χ0n) is 11.2. The Morgan fingerprint density at radius 3 is 2.47 bits per heavy atom. The normalized spacial score (nSPS) is 10.5. The highest BCUT2D eigenvalue weighted by atomic mass is 79.9. The predicted octanol–water partition coefficient (Wildman–Crippen LogP) is 5.70. The van der Waals surface area contributed by atoms with Crippen molar-refractivity contribution in [2.75, 3.05) is 11.4 Å². The molecule has 0 unspecified atom stereocenters. The van der Waals surface area contributed by atoms with Crippen molar-refractivity contribution in [3.05, 3.63) is 58.6 Å². The molecule has 0 bridgehead atoms. The van der Waals surface area contributed by atoms with Crippen LogP contribution in [0.15, 0.2) is 42.5 Å². The van der Waals surface area contributed by atoms with E-state index in [1.54, 1.807) is 0 Å². The fourth-order valence-electron chi connectivity index (χ4n) is 2.29. The quantitative estimate of drug-likeness (QED) is 0.646. The van der Waals surface area contributed by atoms with Gasteiger partial charge in [-0.2, -0.15) is 0 Å². The fourth-order valence-corrected chi connectivity index (χ4v) is 3.03. The van der Waals surface area contributed by atoms with Crippen LogP contribution in [0.2, 0.25) is 5.02 Å². The molecule has 0 atom stereocenters. The van der Waals surface area contributed by atoms with Gasteiger partial charge in [0.05, 0.1) is 10.7 Å². The highest BCUT2D eigenvalue weighted by Gasteiger charge is 2.16. The fraction of sp³-hybridized carbons (Fsp3) is 0.250. The summed E-state index contributed by atoms with van der Waals surface area (Å²) >= 11 is 9.97. The summed E-state index contributed by atoms with van der Waals surface area (Å²) in [6.07, 6.45) is 0. The molecule has 0 aliphatic heterocycles. The van der Waals surface area contributed by atoms with Crippen LogP contribution in [0.5, 0.6) is 0 Å². The summed E-state index contributed by atoms with van der Waals surface area (Å²) in [4.78, 5) is 2.27. The van der Waals surface area contributed by atoms with E-state index in [4.69, 9.17) is 11.6 Å². The van der Waals surface area contributed by atoms with Crippen LogP contribution in [-0.4, -0.2) is 6.54 Å². The van der Waals surface area contributed by atoms with E-state index in [2.05, 4.69) is 65.0 Å². The molecule has 0 aromatic heterocycles. The van der Waals surface area contributed by atoms with E-state index in [0.29, 0.717) is 0 Å². The summed E-state index contributed by atoms with van der Waals surface area (Å²) in [6, 6.07) is 14.4. The number of rotatable bonds is 4. The molecule has 2 aromatic carbocycles. The van der Waals surface area contributed by atoms with Crippen LogP contribution in [-0.2, 0) is 5.33 Å². The van der Waals surface area contributed by atoms with Gasteiger partial charge in [-0.05, 0) is 37.1 Å². The van der Waals surface area contributed by atoms with E-state index in [-0.39, 0.29) is 0 Å². The van der Waals surface area contributed by atoms with Gasteiger partial charge in [0.15, 0.2) is 0 Å². The first-order valence-corrected chi connectivity index (χ1v) is 7.85. The number of aryl methyl sites for hydroxylation is 1. The second-order valence-electron chi connectivity index (χ2n) is 4.41. The second kappa shape index (κ2) is 6.44. The van der Waals surface area contributed by atoms with Gasteiger partial charge in [-0.15, -0.1) is 0 Å². The number of anilines is 2. The molecule has 0 aliphatic rings. The third kappa shape index (κ3) is 2.96. The molecule has 0 spiro atoms. The summed E-state index contributed by atoms with van der Waals surface area (Å²) in [7, 11) is 0. The molecule has 1 nitrogen and oxygen atoms in total. The Hall–Kier alpha value is -0.990. The Kier molecular flexibility index (Phi) is 4.89. The Morgan fingerprint density at radius 2 is 1.84 bits per heavy atom. The molecule has 2 aromatic rings. The lowest BCUT2D eigenvalue weighted by Crippen LogP contribution is -2.19. The predicted molar refractivity (Wildman–Crippen MR) is 87.9 cm³/mol. The zero-order valence-corrected chi connectivity index (χ0v) is 13.5. The lowest BCUT2D eigenvalue weighted by atomic mass is 10.1. The van der Waals surface area contributed by atoms with Gasteiger partial charge in [-0.3, -0.25) is 0 Å². The first kappa shape index (κ1) is 14.4. The first-order chi connectivity index (χ1) is 9.19. The molecular formula is C16H17BrClN. The number of hydrogen-bond donors (Lipinski definition) is 0. The van der Waals surface area contributed by atoms with Crippen LogP contribution >= 0.6 is 27.5 Å². The molecule has 100 valence electrons. The molecular weight excluding hydrogens is 322 g/mol. The maximum Gasteiger partial charge on any atom is 0.0646 e. The first-order valence-electron chi connectivity index (χ1n) is 6.35. The monoisotopic (exact) mass is 337 g/mol. The molecule has 0 saturated carbocycles. The van der Waals surface area contributed by atoms with Gasteiger partial charge >= 0.3 is 0 Å². The Balaban J connectivity index is 2.58. The maximum atomic E-state index is 6.42. The number of hydrogen-bond acceptors (Lipinski definition) is 1. The molecule has 0 heterocycles. The van der Waals surface area contributed by atoms with Gasteiger partial charge in [0.1, 0.15) is 0 Å². The molecule has 2 rings (SSSR count). The van der Waals surface area contributed by atoms with Crippen molar-refractivity contribution in [3.8, 4) is 0 Å². The third-order valence-electron chi connectivity index (χ3n) is 3.21. The van der Waals surface area contributed by atoms with Gasteiger partial charge in [0.2, 0.25) is 0 Å². The smallest absolute Gasteiger partial charge is 0.0646 e. The lowest BCUT2D eigenvalue weighted by molar-refractivity contribution is 1.01. The summed E-state index contributed by atoms with van der Waals surface area (Å²) in [5.41, 5.74) is 4.76. The minimum atomic E-state index is 0.794. The van der Waals surface area contributed by atoms with Crippen LogP contribution in [0.25, 0.3) is 0 Å². The molecule has 0 N–H and O–H groups in total. The SMILES string of the molecule is CCN(c1ccccc1C)c1c(Cl)cccc1CBr. The van der Waals surface area contributed by atoms with Crippen molar-refractivity contribution >= 4 is 38.9 Å². The van der Waals surface area contributed by atoms with Gasteiger partial charge in [-0.1, -0.05) is 57.9 Å². The Morgan fingerprint density at radius 1 is 1.11 bits per heavy atom. The van der Waals surface area contributed by atoms with E-state index in [0.717, 1.165) is 22.6 Å². The Labute approximate surface area is 128 Å². The molecule has 0 amide bonds. The van der Waals surface area contributed by atoms with Crippen molar-refractivity contribution < 1.29 is 0 Å². The van der Waals surface area contributed by atoms with Crippen molar-refractivity contribution in [2.24, 2.45) is 0 Å². The summed E-state index contributed by atoms with van der Waals surface area (Å²) in [5, 5.41) is 1.59. The minimum Gasteiger partial charge on any atom is -0.340 e. The summed E-state index contributed by atoms with van der Waals surface area (Å²) < 4.78 is 0. The van der Waals surface area contributed by atoms with E-state index in [9.17, 15) is 0 Å². The van der Waals surface area contributed by atoms with E-state index >= 15 is 0 Å². The number of nitrogens with zero attached hydrogens (tertiary/aromatic N) is 1. The third-order valence-corrected chi connectivity index (χ3v) is 4.12. The van der Waals surface area contributed by atoms with Gasteiger partial charge in [0.25, 0.3) is 0 Å². The van der Waals surface area contributed by atoms with Crippen LogP contribution < -0.4 is 4.90 Å². The molecule has 0 saturated heterocycles.